The summed E-state index contributed by atoms with van der Waals surface area (Å²) in [6.07, 6.45) is 3.55. The molecule has 1 saturated carbocycles. The standard InChI is InChI=1S/C15H24N4O/c1-10-6-11(2)19(17-10)9-15(20)18-7-12-4-3-5-14(16)13(12)8-18/h6,12-14H,3-5,7-9,16H2,1-2H3. The van der Waals surface area contributed by atoms with E-state index in [9.17, 15) is 4.79 Å². The molecule has 1 amide bonds. The topological polar surface area (TPSA) is 64.2 Å². The van der Waals surface area contributed by atoms with Crippen LogP contribution in [0.4, 0.5) is 0 Å². The van der Waals surface area contributed by atoms with Crippen molar-refractivity contribution in [1.29, 1.82) is 0 Å². The Balaban J connectivity index is 1.65. The van der Waals surface area contributed by atoms with E-state index in [4.69, 9.17) is 5.73 Å². The van der Waals surface area contributed by atoms with Crippen LogP contribution in [0.25, 0.3) is 0 Å². The SMILES string of the molecule is Cc1cc(C)n(CC(=O)N2CC3CCCC(N)C3C2)n1. The zero-order chi connectivity index (χ0) is 14.3. The highest BCUT2D eigenvalue weighted by atomic mass is 16.2. The first-order chi connectivity index (χ1) is 9.54. The smallest absolute Gasteiger partial charge is 0.244 e. The fraction of sp³-hybridized carbons (Fsp3) is 0.733. The van der Waals surface area contributed by atoms with E-state index in [-0.39, 0.29) is 11.9 Å². The first kappa shape index (κ1) is 13.6. The fourth-order valence-electron chi connectivity index (χ4n) is 3.78. The van der Waals surface area contributed by atoms with Crippen LogP contribution in [-0.4, -0.2) is 39.7 Å². The molecule has 3 atom stereocenters. The van der Waals surface area contributed by atoms with E-state index in [2.05, 4.69) is 5.10 Å². The number of nitrogens with two attached hydrogens (primary N) is 1. The Morgan fingerprint density at radius 1 is 1.40 bits per heavy atom. The van der Waals surface area contributed by atoms with Crippen molar-refractivity contribution in [3.63, 3.8) is 0 Å². The maximum Gasteiger partial charge on any atom is 0.244 e. The van der Waals surface area contributed by atoms with Crippen molar-refractivity contribution in [2.24, 2.45) is 17.6 Å². The van der Waals surface area contributed by atoms with E-state index in [1.807, 2.05) is 24.8 Å². The van der Waals surface area contributed by atoms with Gasteiger partial charge in [0.15, 0.2) is 0 Å². The number of aromatic nitrogens is 2. The number of hydrogen-bond acceptors (Lipinski definition) is 3. The summed E-state index contributed by atoms with van der Waals surface area (Å²) in [5, 5.41) is 4.37. The predicted octanol–water partition coefficient (Wildman–Crippen LogP) is 1.09. The highest BCUT2D eigenvalue weighted by Crippen LogP contribution is 2.35. The molecule has 2 heterocycles. The highest BCUT2D eigenvalue weighted by Gasteiger charge is 2.40. The molecule has 0 spiro atoms. The van der Waals surface area contributed by atoms with Gasteiger partial charge in [-0.1, -0.05) is 6.42 Å². The van der Waals surface area contributed by atoms with Crippen molar-refractivity contribution in [3.05, 3.63) is 17.5 Å². The molecule has 5 nitrogen and oxygen atoms in total. The zero-order valence-corrected chi connectivity index (χ0v) is 12.4. The summed E-state index contributed by atoms with van der Waals surface area (Å²) >= 11 is 0. The Hall–Kier alpha value is -1.36. The summed E-state index contributed by atoms with van der Waals surface area (Å²) in [5.41, 5.74) is 8.22. The lowest BCUT2D eigenvalue weighted by atomic mass is 9.78. The molecule has 1 aromatic heterocycles. The summed E-state index contributed by atoms with van der Waals surface area (Å²) in [6, 6.07) is 2.28. The monoisotopic (exact) mass is 276 g/mol. The van der Waals surface area contributed by atoms with E-state index >= 15 is 0 Å². The molecule has 1 aliphatic heterocycles. The van der Waals surface area contributed by atoms with E-state index in [0.29, 0.717) is 18.4 Å². The molecule has 0 radical (unpaired) electrons. The van der Waals surface area contributed by atoms with Crippen LogP contribution < -0.4 is 5.73 Å². The predicted molar refractivity (Wildman–Crippen MR) is 77.1 cm³/mol. The van der Waals surface area contributed by atoms with Gasteiger partial charge in [0, 0.05) is 24.8 Å². The molecule has 5 heteroatoms. The number of hydrogen-bond donors (Lipinski definition) is 1. The van der Waals surface area contributed by atoms with Crippen LogP contribution in [0.3, 0.4) is 0 Å². The Labute approximate surface area is 120 Å². The fourth-order valence-corrected chi connectivity index (χ4v) is 3.78. The third-order valence-corrected chi connectivity index (χ3v) is 4.90. The van der Waals surface area contributed by atoms with Crippen molar-refractivity contribution < 1.29 is 4.79 Å². The second-order valence-electron chi connectivity index (χ2n) is 6.40. The van der Waals surface area contributed by atoms with Crippen molar-refractivity contribution in [1.82, 2.24) is 14.7 Å². The number of carbonyl (C=O) groups excluding carboxylic acids is 1. The van der Waals surface area contributed by atoms with Gasteiger partial charge in [-0.15, -0.1) is 0 Å². The Morgan fingerprint density at radius 2 is 2.20 bits per heavy atom. The van der Waals surface area contributed by atoms with Gasteiger partial charge in [-0.3, -0.25) is 9.48 Å². The maximum absolute atomic E-state index is 12.5. The Morgan fingerprint density at radius 3 is 2.85 bits per heavy atom. The minimum absolute atomic E-state index is 0.179. The highest BCUT2D eigenvalue weighted by molar-refractivity contribution is 5.76. The molecule has 0 aromatic carbocycles. The number of amides is 1. The van der Waals surface area contributed by atoms with Crippen molar-refractivity contribution in [3.8, 4) is 0 Å². The van der Waals surface area contributed by atoms with Crippen LogP contribution in [0.15, 0.2) is 6.07 Å². The number of likely N-dealkylation sites (tertiary alicyclic amines) is 1. The first-order valence-corrected chi connectivity index (χ1v) is 7.59. The minimum atomic E-state index is 0.179. The van der Waals surface area contributed by atoms with Gasteiger partial charge in [-0.25, -0.2) is 0 Å². The Bertz CT molecular complexity index is 510. The molecule has 110 valence electrons. The first-order valence-electron chi connectivity index (χ1n) is 7.59. The van der Waals surface area contributed by atoms with Crippen molar-refractivity contribution in [2.75, 3.05) is 13.1 Å². The molecule has 3 unspecified atom stereocenters. The summed E-state index contributed by atoms with van der Waals surface area (Å²) in [5.74, 6) is 1.30. The molecule has 2 N–H and O–H groups in total. The lowest BCUT2D eigenvalue weighted by Crippen LogP contribution is -2.38. The van der Waals surface area contributed by atoms with Gasteiger partial charge in [0.05, 0.1) is 5.69 Å². The van der Waals surface area contributed by atoms with Crippen LogP contribution in [0.1, 0.15) is 30.7 Å². The van der Waals surface area contributed by atoms with Gasteiger partial charge in [0.1, 0.15) is 6.54 Å². The van der Waals surface area contributed by atoms with Crippen molar-refractivity contribution >= 4 is 5.91 Å². The number of nitrogens with zero attached hydrogens (tertiary/aromatic N) is 3. The van der Waals surface area contributed by atoms with Crippen LogP contribution in [-0.2, 0) is 11.3 Å². The number of aryl methyl sites for hydroxylation is 2. The zero-order valence-electron chi connectivity index (χ0n) is 12.4. The molecule has 1 aliphatic carbocycles. The van der Waals surface area contributed by atoms with Gasteiger partial charge in [0.25, 0.3) is 0 Å². The lowest BCUT2D eigenvalue weighted by Gasteiger charge is -2.29. The number of carbonyl (C=O) groups is 1. The minimum Gasteiger partial charge on any atom is -0.340 e. The second kappa shape index (κ2) is 5.20. The second-order valence-corrected chi connectivity index (χ2v) is 6.40. The summed E-state index contributed by atoms with van der Waals surface area (Å²) in [6.45, 7) is 6.03. The van der Waals surface area contributed by atoms with E-state index in [0.717, 1.165) is 30.9 Å². The van der Waals surface area contributed by atoms with Gasteiger partial charge in [0.2, 0.25) is 5.91 Å². The van der Waals surface area contributed by atoms with Gasteiger partial charge in [-0.2, -0.15) is 5.10 Å². The normalized spacial score (nSPS) is 29.6. The molecule has 20 heavy (non-hydrogen) atoms. The third-order valence-electron chi connectivity index (χ3n) is 4.90. The van der Waals surface area contributed by atoms with Crippen LogP contribution >= 0.6 is 0 Å². The average molecular weight is 276 g/mol. The molecule has 2 fully saturated rings. The van der Waals surface area contributed by atoms with Gasteiger partial charge >= 0.3 is 0 Å². The average Bonchev–Trinajstić information content (AvgIpc) is 2.94. The van der Waals surface area contributed by atoms with E-state index in [1.54, 1.807) is 4.68 Å². The Kier molecular flexibility index (Phi) is 3.54. The number of rotatable bonds is 2. The molecule has 1 saturated heterocycles. The summed E-state index contributed by atoms with van der Waals surface area (Å²) in [4.78, 5) is 14.4. The number of fused-ring (bicyclic) bond motifs is 1. The molecule has 3 rings (SSSR count). The van der Waals surface area contributed by atoms with E-state index in [1.165, 1.54) is 12.8 Å². The van der Waals surface area contributed by atoms with Gasteiger partial charge < -0.3 is 10.6 Å². The largest absolute Gasteiger partial charge is 0.340 e. The lowest BCUT2D eigenvalue weighted by molar-refractivity contribution is -0.131. The molecular formula is C15H24N4O. The molecule has 1 aromatic rings. The molecular weight excluding hydrogens is 252 g/mol. The summed E-state index contributed by atoms with van der Waals surface area (Å²) < 4.78 is 1.81. The van der Waals surface area contributed by atoms with Gasteiger partial charge in [-0.05, 0) is 44.6 Å². The maximum atomic E-state index is 12.5. The van der Waals surface area contributed by atoms with Crippen LogP contribution in [0, 0.1) is 25.7 Å². The van der Waals surface area contributed by atoms with Crippen LogP contribution in [0.5, 0.6) is 0 Å². The third kappa shape index (κ3) is 2.46. The van der Waals surface area contributed by atoms with Crippen molar-refractivity contribution in [2.45, 2.75) is 45.7 Å². The molecule has 0 bridgehead atoms. The quantitative estimate of drug-likeness (QED) is 0.879. The van der Waals surface area contributed by atoms with E-state index < -0.39 is 0 Å². The van der Waals surface area contributed by atoms with Crippen LogP contribution in [0.2, 0.25) is 0 Å². The molecule has 2 aliphatic rings. The summed E-state index contributed by atoms with van der Waals surface area (Å²) in [7, 11) is 0.